The van der Waals surface area contributed by atoms with Gasteiger partial charge in [-0.1, -0.05) is 42.1 Å². The summed E-state index contributed by atoms with van der Waals surface area (Å²) in [6.07, 6.45) is 0. The van der Waals surface area contributed by atoms with Crippen LogP contribution >= 0.6 is 23.1 Å². The number of hydrogen-bond donors (Lipinski definition) is 1. The summed E-state index contributed by atoms with van der Waals surface area (Å²) >= 11 is 2.67. The van der Waals surface area contributed by atoms with E-state index in [1.54, 1.807) is 35.9 Å². The third-order valence-electron chi connectivity index (χ3n) is 4.75. The van der Waals surface area contributed by atoms with Crippen molar-refractivity contribution < 1.29 is 9.53 Å². The molecule has 4 aromatic rings. The van der Waals surface area contributed by atoms with Crippen LogP contribution in [0.25, 0.3) is 21.3 Å². The lowest BCUT2D eigenvalue weighted by Gasteiger charge is -2.11. The van der Waals surface area contributed by atoms with Crippen molar-refractivity contribution in [1.29, 1.82) is 0 Å². The van der Waals surface area contributed by atoms with E-state index >= 15 is 0 Å². The van der Waals surface area contributed by atoms with Gasteiger partial charge in [0.25, 0.3) is 5.56 Å². The minimum absolute atomic E-state index is 0.0715. The third-order valence-corrected chi connectivity index (χ3v) is 6.68. The summed E-state index contributed by atoms with van der Waals surface area (Å²) in [5.74, 6) is 0.706. The molecular weight excluding hydrogens is 430 g/mol. The van der Waals surface area contributed by atoms with Gasteiger partial charge in [0.2, 0.25) is 5.91 Å². The highest BCUT2D eigenvalue weighted by molar-refractivity contribution is 7.99. The van der Waals surface area contributed by atoms with Crippen molar-refractivity contribution in [1.82, 2.24) is 9.55 Å². The van der Waals surface area contributed by atoms with Crippen LogP contribution in [0, 0.1) is 0 Å². The van der Waals surface area contributed by atoms with Crippen molar-refractivity contribution in [3.05, 3.63) is 70.3 Å². The predicted molar refractivity (Wildman–Crippen MR) is 127 cm³/mol. The maximum Gasteiger partial charge on any atom is 0.272 e. The van der Waals surface area contributed by atoms with Crippen molar-refractivity contribution in [2.75, 3.05) is 18.2 Å². The number of nitrogens with zero attached hydrogens (tertiary/aromatic N) is 2. The Morgan fingerprint density at radius 2 is 1.90 bits per heavy atom. The molecule has 6 nitrogen and oxygen atoms in total. The number of thiophene rings is 1. The number of benzene rings is 2. The SMILES string of the molecule is CCn1c(SCC(=O)Nc2ccc(OC)cc2)nc2c(-c3ccccc3)csc2c1=O. The maximum atomic E-state index is 13.0. The molecule has 0 saturated heterocycles. The second-order valence-electron chi connectivity index (χ2n) is 6.70. The Kier molecular flexibility index (Phi) is 6.39. The number of carbonyl (C=O) groups is 1. The molecule has 0 bridgehead atoms. The molecule has 0 spiro atoms. The largest absolute Gasteiger partial charge is 0.497 e. The van der Waals surface area contributed by atoms with E-state index < -0.39 is 0 Å². The van der Waals surface area contributed by atoms with Gasteiger partial charge in [-0.15, -0.1) is 11.3 Å². The van der Waals surface area contributed by atoms with Crippen LogP contribution in [0.15, 0.2) is 69.9 Å². The first-order valence-corrected chi connectivity index (χ1v) is 11.6. The van der Waals surface area contributed by atoms with Gasteiger partial charge in [-0.25, -0.2) is 4.98 Å². The highest BCUT2D eigenvalue weighted by atomic mass is 32.2. The van der Waals surface area contributed by atoms with Crippen molar-refractivity contribution in [3.8, 4) is 16.9 Å². The van der Waals surface area contributed by atoms with Gasteiger partial charge in [-0.3, -0.25) is 14.2 Å². The van der Waals surface area contributed by atoms with Crippen LogP contribution in [-0.4, -0.2) is 28.3 Å². The molecule has 2 heterocycles. The van der Waals surface area contributed by atoms with Crippen LogP contribution in [-0.2, 0) is 11.3 Å². The van der Waals surface area contributed by atoms with Gasteiger partial charge < -0.3 is 10.1 Å². The minimum atomic E-state index is -0.166. The van der Waals surface area contributed by atoms with E-state index in [2.05, 4.69) is 5.32 Å². The fourth-order valence-electron chi connectivity index (χ4n) is 3.19. The average Bonchev–Trinajstić information content (AvgIpc) is 3.23. The first-order chi connectivity index (χ1) is 15.1. The first kappa shape index (κ1) is 21.1. The Labute approximate surface area is 187 Å². The summed E-state index contributed by atoms with van der Waals surface area (Å²) in [5, 5.41) is 5.37. The van der Waals surface area contributed by atoms with Gasteiger partial charge in [-0.2, -0.15) is 0 Å². The number of ether oxygens (including phenoxy) is 1. The van der Waals surface area contributed by atoms with Crippen molar-refractivity contribution >= 4 is 44.9 Å². The van der Waals surface area contributed by atoms with Crippen LogP contribution in [0.5, 0.6) is 5.75 Å². The number of nitrogens with one attached hydrogen (secondary N) is 1. The quantitative estimate of drug-likeness (QED) is 0.320. The van der Waals surface area contributed by atoms with Crippen LogP contribution in [0.1, 0.15) is 6.92 Å². The number of carbonyl (C=O) groups excluding carboxylic acids is 1. The number of hydrogen-bond acceptors (Lipinski definition) is 6. The molecule has 2 aromatic heterocycles. The number of aromatic nitrogens is 2. The minimum Gasteiger partial charge on any atom is -0.497 e. The molecule has 0 aliphatic carbocycles. The van der Waals surface area contributed by atoms with Crippen LogP contribution in [0.3, 0.4) is 0 Å². The highest BCUT2D eigenvalue weighted by Gasteiger charge is 2.17. The Balaban J connectivity index is 1.58. The van der Waals surface area contributed by atoms with Crippen molar-refractivity contribution in [2.45, 2.75) is 18.6 Å². The molecule has 31 heavy (non-hydrogen) atoms. The summed E-state index contributed by atoms with van der Waals surface area (Å²) in [5.41, 5.74) is 3.25. The molecule has 0 unspecified atom stereocenters. The Morgan fingerprint density at radius 3 is 2.58 bits per heavy atom. The molecule has 0 radical (unpaired) electrons. The summed E-state index contributed by atoms with van der Waals surface area (Å²) < 4.78 is 7.39. The Morgan fingerprint density at radius 1 is 1.16 bits per heavy atom. The fraction of sp³-hybridized carbons (Fsp3) is 0.174. The zero-order chi connectivity index (χ0) is 21.8. The first-order valence-electron chi connectivity index (χ1n) is 9.75. The molecular formula is C23H21N3O3S2. The van der Waals surface area contributed by atoms with E-state index in [0.717, 1.165) is 16.9 Å². The molecule has 1 amide bonds. The van der Waals surface area contributed by atoms with Gasteiger partial charge in [0, 0.05) is 23.2 Å². The second kappa shape index (κ2) is 9.36. The number of thioether (sulfide) groups is 1. The standard InChI is InChI=1S/C23H21N3O3S2/c1-3-26-22(28)21-20(18(13-30-21)15-7-5-4-6-8-15)25-23(26)31-14-19(27)24-16-9-11-17(29-2)12-10-16/h4-13H,3,14H2,1-2H3,(H,24,27). The number of methoxy groups -OCH3 is 1. The number of amides is 1. The summed E-state index contributed by atoms with van der Waals surface area (Å²) in [4.78, 5) is 30.3. The third kappa shape index (κ3) is 4.50. The zero-order valence-corrected chi connectivity index (χ0v) is 18.8. The van der Waals surface area contributed by atoms with E-state index in [-0.39, 0.29) is 17.2 Å². The molecule has 158 valence electrons. The van der Waals surface area contributed by atoms with Crippen LogP contribution in [0.2, 0.25) is 0 Å². The summed E-state index contributed by atoms with van der Waals surface area (Å²) in [6, 6.07) is 17.0. The molecule has 0 fully saturated rings. The molecule has 0 atom stereocenters. The van der Waals surface area contributed by atoms with E-state index in [0.29, 0.717) is 27.6 Å². The van der Waals surface area contributed by atoms with Crippen molar-refractivity contribution in [2.24, 2.45) is 0 Å². The molecule has 0 aliphatic heterocycles. The van der Waals surface area contributed by atoms with E-state index in [9.17, 15) is 9.59 Å². The molecule has 2 aromatic carbocycles. The number of anilines is 1. The molecule has 0 saturated carbocycles. The second-order valence-corrected chi connectivity index (χ2v) is 8.52. The van der Waals surface area contributed by atoms with Crippen LogP contribution in [0.4, 0.5) is 5.69 Å². The monoisotopic (exact) mass is 451 g/mol. The predicted octanol–water partition coefficient (Wildman–Crippen LogP) is 4.88. The summed E-state index contributed by atoms with van der Waals surface area (Å²) in [6.45, 7) is 2.39. The maximum absolute atomic E-state index is 13.0. The summed E-state index contributed by atoms with van der Waals surface area (Å²) in [7, 11) is 1.60. The Hall–Kier alpha value is -3.10. The van der Waals surface area contributed by atoms with Gasteiger partial charge >= 0.3 is 0 Å². The van der Waals surface area contributed by atoms with E-state index in [4.69, 9.17) is 9.72 Å². The lowest BCUT2D eigenvalue weighted by molar-refractivity contribution is -0.113. The molecule has 8 heteroatoms. The van der Waals surface area contributed by atoms with Gasteiger partial charge in [-0.05, 0) is 36.8 Å². The number of fused-ring (bicyclic) bond motifs is 1. The normalized spacial score (nSPS) is 10.9. The van der Waals surface area contributed by atoms with E-state index in [1.165, 1.54) is 23.1 Å². The van der Waals surface area contributed by atoms with Gasteiger partial charge in [0.15, 0.2) is 5.16 Å². The fourth-order valence-corrected chi connectivity index (χ4v) is 5.01. The van der Waals surface area contributed by atoms with E-state index in [1.807, 2.05) is 42.6 Å². The number of rotatable bonds is 7. The van der Waals surface area contributed by atoms with Crippen LogP contribution < -0.4 is 15.6 Å². The lowest BCUT2D eigenvalue weighted by Crippen LogP contribution is -2.22. The topological polar surface area (TPSA) is 73.2 Å². The highest BCUT2D eigenvalue weighted by Crippen LogP contribution is 2.32. The van der Waals surface area contributed by atoms with Gasteiger partial charge in [0.05, 0.1) is 18.4 Å². The lowest BCUT2D eigenvalue weighted by atomic mass is 10.1. The Bertz CT molecular complexity index is 1270. The molecule has 4 rings (SSSR count). The average molecular weight is 452 g/mol. The van der Waals surface area contributed by atoms with Crippen molar-refractivity contribution in [3.63, 3.8) is 0 Å². The molecule has 0 aliphatic rings. The molecule has 1 N–H and O–H groups in total. The smallest absolute Gasteiger partial charge is 0.272 e. The zero-order valence-electron chi connectivity index (χ0n) is 17.1. The van der Waals surface area contributed by atoms with Gasteiger partial charge in [0.1, 0.15) is 10.4 Å².